The van der Waals surface area contributed by atoms with Gasteiger partial charge in [-0.3, -0.25) is 14.0 Å². The summed E-state index contributed by atoms with van der Waals surface area (Å²) in [6, 6.07) is 19.7. The van der Waals surface area contributed by atoms with E-state index in [-0.39, 0.29) is 17.0 Å². The number of nitriles is 1. The number of aromatic nitrogens is 2. The van der Waals surface area contributed by atoms with E-state index in [0.717, 1.165) is 15.6 Å². The molecule has 2 aromatic carbocycles. The molecule has 0 spiro atoms. The molecular weight excluding hydrogens is 496 g/mol. The second-order valence-corrected chi connectivity index (χ2v) is 8.44. The van der Waals surface area contributed by atoms with Crippen molar-refractivity contribution in [3.63, 3.8) is 0 Å². The van der Waals surface area contributed by atoms with E-state index in [4.69, 9.17) is 4.74 Å². The lowest BCUT2D eigenvalue weighted by molar-refractivity contribution is -0.112. The molecule has 168 valence electrons. The van der Waals surface area contributed by atoms with E-state index in [1.165, 1.54) is 10.5 Å². The number of carbonyl (C=O) groups is 1. The second kappa shape index (κ2) is 9.73. The lowest BCUT2D eigenvalue weighted by atomic mass is 10.1. The van der Waals surface area contributed by atoms with Crippen molar-refractivity contribution >= 4 is 39.2 Å². The zero-order valence-corrected chi connectivity index (χ0v) is 20.0. The van der Waals surface area contributed by atoms with Crippen molar-refractivity contribution in [3.8, 4) is 17.7 Å². The summed E-state index contributed by atoms with van der Waals surface area (Å²) in [5.41, 5.74) is 1.81. The number of fused-ring (bicyclic) bond motifs is 1. The number of anilines is 1. The molecule has 0 aliphatic carbocycles. The molecule has 0 radical (unpaired) electrons. The molecular formula is C26H19BrN4O3. The zero-order chi connectivity index (χ0) is 24.2. The van der Waals surface area contributed by atoms with Gasteiger partial charge in [0.2, 0.25) is 5.88 Å². The van der Waals surface area contributed by atoms with Crippen LogP contribution >= 0.6 is 15.9 Å². The summed E-state index contributed by atoms with van der Waals surface area (Å²) < 4.78 is 8.17. The molecule has 2 heterocycles. The van der Waals surface area contributed by atoms with Crippen molar-refractivity contribution in [3.05, 3.63) is 104 Å². The van der Waals surface area contributed by atoms with Crippen LogP contribution in [0.1, 0.15) is 16.7 Å². The number of halogens is 1. The van der Waals surface area contributed by atoms with E-state index in [2.05, 4.69) is 26.2 Å². The minimum Gasteiger partial charge on any atom is -0.438 e. The van der Waals surface area contributed by atoms with Crippen LogP contribution in [0.5, 0.6) is 11.6 Å². The Morgan fingerprint density at radius 2 is 1.88 bits per heavy atom. The average molecular weight is 515 g/mol. The predicted molar refractivity (Wildman–Crippen MR) is 134 cm³/mol. The number of amides is 1. The van der Waals surface area contributed by atoms with Gasteiger partial charge in [0.1, 0.15) is 28.6 Å². The lowest BCUT2D eigenvalue weighted by Gasteiger charge is -2.13. The molecule has 0 atom stereocenters. The Morgan fingerprint density at radius 1 is 1.12 bits per heavy atom. The number of hydrogen-bond donors (Lipinski definition) is 1. The molecule has 1 N–H and O–H groups in total. The molecule has 0 aliphatic heterocycles. The van der Waals surface area contributed by atoms with E-state index in [9.17, 15) is 14.9 Å². The van der Waals surface area contributed by atoms with E-state index >= 15 is 0 Å². The normalized spacial score (nSPS) is 11.2. The fraction of sp³-hybridized carbons (Fsp3) is 0.0769. The molecule has 1 amide bonds. The van der Waals surface area contributed by atoms with Crippen LogP contribution in [0, 0.1) is 25.2 Å². The van der Waals surface area contributed by atoms with Gasteiger partial charge in [0.05, 0.1) is 0 Å². The topological polar surface area (TPSA) is 96.5 Å². The number of aryl methyl sites for hydroxylation is 2. The van der Waals surface area contributed by atoms with Gasteiger partial charge in [0.15, 0.2) is 0 Å². The molecule has 0 saturated heterocycles. The van der Waals surface area contributed by atoms with Crippen molar-refractivity contribution in [1.29, 1.82) is 5.26 Å². The van der Waals surface area contributed by atoms with Crippen LogP contribution in [-0.2, 0) is 4.79 Å². The highest BCUT2D eigenvalue weighted by Gasteiger charge is 2.18. The second-order valence-electron chi connectivity index (χ2n) is 7.52. The van der Waals surface area contributed by atoms with Gasteiger partial charge in [-0.25, -0.2) is 0 Å². The van der Waals surface area contributed by atoms with Gasteiger partial charge in [0, 0.05) is 16.4 Å². The Labute approximate surface area is 204 Å². The third-order valence-electron chi connectivity index (χ3n) is 5.09. The van der Waals surface area contributed by atoms with Crippen molar-refractivity contribution in [2.24, 2.45) is 0 Å². The molecule has 0 aliphatic rings. The fourth-order valence-corrected chi connectivity index (χ4v) is 3.73. The Morgan fingerprint density at radius 3 is 2.62 bits per heavy atom. The maximum atomic E-state index is 13.4. The van der Waals surface area contributed by atoms with Crippen molar-refractivity contribution < 1.29 is 9.53 Å². The highest BCUT2D eigenvalue weighted by Crippen LogP contribution is 2.27. The van der Waals surface area contributed by atoms with Crippen LogP contribution in [0.25, 0.3) is 11.7 Å². The van der Waals surface area contributed by atoms with E-state index in [0.29, 0.717) is 17.1 Å². The molecule has 7 nitrogen and oxygen atoms in total. The standard InChI is InChI=1S/C26H19BrN4O3/c1-16-7-3-4-11-22(16)34-25-21(26(33)31-12-6-8-17(2)23(31)30-25)13-18(15-28)24(32)29-20-10-5-9-19(27)14-20/h3-14H,1-2H3,(H,29,32)/b18-13-. The van der Waals surface area contributed by atoms with Gasteiger partial charge in [-0.1, -0.05) is 46.3 Å². The average Bonchev–Trinajstić information content (AvgIpc) is 2.81. The van der Waals surface area contributed by atoms with Gasteiger partial charge in [-0.15, -0.1) is 0 Å². The van der Waals surface area contributed by atoms with Crippen molar-refractivity contribution in [2.75, 3.05) is 5.32 Å². The van der Waals surface area contributed by atoms with E-state index in [1.54, 1.807) is 36.5 Å². The molecule has 2 aromatic heterocycles. The molecule has 0 unspecified atom stereocenters. The summed E-state index contributed by atoms with van der Waals surface area (Å²) in [6.45, 7) is 3.71. The predicted octanol–water partition coefficient (Wildman–Crippen LogP) is 5.41. The minimum absolute atomic E-state index is 0.00713. The zero-order valence-electron chi connectivity index (χ0n) is 18.4. The largest absolute Gasteiger partial charge is 0.438 e. The van der Waals surface area contributed by atoms with Gasteiger partial charge >= 0.3 is 0 Å². The lowest BCUT2D eigenvalue weighted by Crippen LogP contribution is -2.20. The number of rotatable bonds is 5. The summed E-state index contributed by atoms with van der Waals surface area (Å²) in [5, 5.41) is 12.4. The van der Waals surface area contributed by atoms with Gasteiger partial charge < -0.3 is 10.1 Å². The van der Waals surface area contributed by atoms with Crippen molar-refractivity contribution in [1.82, 2.24) is 9.38 Å². The maximum absolute atomic E-state index is 13.4. The van der Waals surface area contributed by atoms with Crippen LogP contribution in [0.15, 0.2) is 81.7 Å². The van der Waals surface area contributed by atoms with Crippen LogP contribution in [0.2, 0.25) is 0 Å². The molecule has 34 heavy (non-hydrogen) atoms. The fourth-order valence-electron chi connectivity index (χ4n) is 3.33. The van der Waals surface area contributed by atoms with E-state index < -0.39 is 11.5 Å². The van der Waals surface area contributed by atoms with Gasteiger partial charge in [0.25, 0.3) is 11.5 Å². The molecule has 4 rings (SSSR count). The van der Waals surface area contributed by atoms with Crippen molar-refractivity contribution in [2.45, 2.75) is 13.8 Å². The monoisotopic (exact) mass is 514 g/mol. The van der Waals surface area contributed by atoms with Crippen LogP contribution in [0.4, 0.5) is 5.69 Å². The summed E-state index contributed by atoms with van der Waals surface area (Å²) >= 11 is 3.35. The number of para-hydroxylation sites is 1. The first-order valence-corrected chi connectivity index (χ1v) is 11.1. The Bertz CT molecular complexity index is 1550. The first-order valence-electron chi connectivity index (χ1n) is 10.3. The highest BCUT2D eigenvalue weighted by molar-refractivity contribution is 9.10. The summed E-state index contributed by atoms with van der Waals surface area (Å²) in [7, 11) is 0. The molecule has 0 bridgehead atoms. The number of hydrogen-bond acceptors (Lipinski definition) is 5. The molecule has 0 saturated carbocycles. The number of ether oxygens (including phenoxy) is 1. The number of nitrogens with one attached hydrogen (secondary N) is 1. The number of pyridine rings is 1. The summed E-state index contributed by atoms with van der Waals surface area (Å²) in [5.74, 6) is -0.133. The van der Waals surface area contributed by atoms with Crippen LogP contribution in [0.3, 0.4) is 0 Å². The Hall–Kier alpha value is -4.22. The Balaban J connectivity index is 1.85. The number of benzene rings is 2. The SMILES string of the molecule is Cc1ccccc1Oc1nc2c(C)cccn2c(=O)c1/C=C(/C#N)C(=O)Nc1cccc(Br)c1. The smallest absolute Gasteiger partial charge is 0.269 e. The highest BCUT2D eigenvalue weighted by atomic mass is 79.9. The number of carbonyl (C=O) groups excluding carboxylic acids is 1. The quantitative estimate of drug-likeness (QED) is 0.283. The van der Waals surface area contributed by atoms with Gasteiger partial charge in [-0.2, -0.15) is 10.2 Å². The molecule has 8 heteroatoms. The third-order valence-corrected chi connectivity index (χ3v) is 5.58. The number of nitrogens with zero attached hydrogens (tertiary/aromatic N) is 3. The summed E-state index contributed by atoms with van der Waals surface area (Å²) in [4.78, 5) is 30.8. The summed E-state index contributed by atoms with van der Waals surface area (Å²) in [6.07, 6.45) is 2.80. The van der Waals surface area contributed by atoms with Crippen LogP contribution < -0.4 is 15.6 Å². The maximum Gasteiger partial charge on any atom is 0.269 e. The van der Waals surface area contributed by atoms with E-state index in [1.807, 2.05) is 50.2 Å². The van der Waals surface area contributed by atoms with Gasteiger partial charge in [-0.05, 0) is 61.4 Å². The van der Waals surface area contributed by atoms with Crippen LogP contribution in [-0.4, -0.2) is 15.3 Å². The molecule has 0 fully saturated rings. The minimum atomic E-state index is -0.656. The molecule has 4 aromatic rings. The Kier molecular flexibility index (Phi) is 6.57. The first-order chi connectivity index (χ1) is 16.4. The first kappa shape index (κ1) is 23.0. The third kappa shape index (κ3) is 4.75.